The van der Waals surface area contributed by atoms with Crippen LogP contribution in [0, 0.1) is 0 Å². The lowest BCUT2D eigenvalue weighted by Gasteiger charge is -2.11. The summed E-state index contributed by atoms with van der Waals surface area (Å²) in [6.07, 6.45) is 3.17. The van der Waals surface area contributed by atoms with Crippen LogP contribution >= 0.6 is 0 Å². The number of nitrogen functional groups attached to an aromatic ring is 1. The molecule has 21 heavy (non-hydrogen) atoms. The minimum Gasteiger partial charge on any atom is -0.398 e. The topological polar surface area (TPSA) is 26.0 Å². The Balaban J connectivity index is 2.00. The van der Waals surface area contributed by atoms with Gasteiger partial charge in [-0.2, -0.15) is 0 Å². The molecule has 0 fully saturated rings. The van der Waals surface area contributed by atoms with Crippen LogP contribution in [0.4, 0.5) is 5.69 Å². The average Bonchev–Trinajstić information content (AvgIpc) is 2.51. The van der Waals surface area contributed by atoms with Gasteiger partial charge in [-0.25, -0.2) is 0 Å². The smallest absolute Gasteiger partial charge is 0.0350 e. The van der Waals surface area contributed by atoms with Crippen LogP contribution in [-0.2, 0) is 12.8 Å². The highest BCUT2D eigenvalue weighted by molar-refractivity contribution is 5.86. The zero-order valence-electron chi connectivity index (χ0n) is 12.5. The summed E-state index contributed by atoms with van der Waals surface area (Å²) in [4.78, 5) is 0. The van der Waals surface area contributed by atoms with Crippen LogP contribution in [-0.4, -0.2) is 0 Å². The summed E-state index contributed by atoms with van der Waals surface area (Å²) in [6.45, 7) is 2.21. The fourth-order valence-electron chi connectivity index (χ4n) is 2.91. The Morgan fingerprint density at radius 3 is 2.52 bits per heavy atom. The molecule has 0 saturated carbocycles. The molecular weight excluding hydrogens is 254 g/mol. The number of fused-ring (bicyclic) bond motifs is 1. The lowest BCUT2D eigenvalue weighted by molar-refractivity contribution is 0.919. The average molecular weight is 275 g/mol. The second-order valence-electron chi connectivity index (χ2n) is 5.60. The molecule has 0 saturated heterocycles. The Labute approximate surface area is 126 Å². The molecule has 2 N–H and O–H groups in total. The summed E-state index contributed by atoms with van der Waals surface area (Å²) in [5, 5.41) is 2.61. The fourth-order valence-corrected chi connectivity index (χ4v) is 2.91. The summed E-state index contributed by atoms with van der Waals surface area (Å²) in [5.41, 5.74) is 11.0. The van der Waals surface area contributed by atoms with E-state index in [0.717, 1.165) is 24.9 Å². The molecule has 0 heterocycles. The molecule has 0 radical (unpaired) electrons. The van der Waals surface area contributed by atoms with Gasteiger partial charge in [-0.05, 0) is 39.9 Å². The molecule has 0 aliphatic rings. The summed E-state index contributed by atoms with van der Waals surface area (Å²) >= 11 is 0. The highest BCUT2D eigenvalue weighted by atomic mass is 14.6. The van der Waals surface area contributed by atoms with Crippen molar-refractivity contribution in [3.05, 3.63) is 77.4 Å². The van der Waals surface area contributed by atoms with Crippen LogP contribution in [0.1, 0.15) is 30.0 Å². The summed E-state index contributed by atoms with van der Waals surface area (Å²) in [7, 11) is 0. The van der Waals surface area contributed by atoms with Crippen molar-refractivity contribution in [2.75, 3.05) is 5.73 Å². The number of hydrogen-bond acceptors (Lipinski definition) is 1. The van der Waals surface area contributed by atoms with Crippen molar-refractivity contribution >= 4 is 16.5 Å². The SMILES string of the molecule is CCCc1ccc(N)c(Cc2cccc3ccccc23)c1. The second kappa shape index (κ2) is 6.01. The molecule has 106 valence electrons. The van der Waals surface area contributed by atoms with Crippen LogP contribution in [0.15, 0.2) is 60.7 Å². The molecule has 3 aromatic carbocycles. The van der Waals surface area contributed by atoms with E-state index >= 15 is 0 Å². The van der Waals surface area contributed by atoms with Gasteiger partial charge in [0.05, 0.1) is 0 Å². The maximum Gasteiger partial charge on any atom is 0.0350 e. The van der Waals surface area contributed by atoms with E-state index in [2.05, 4.69) is 61.5 Å². The first kappa shape index (κ1) is 13.7. The highest BCUT2D eigenvalue weighted by Gasteiger charge is 2.06. The van der Waals surface area contributed by atoms with Gasteiger partial charge in [0.25, 0.3) is 0 Å². The molecule has 0 aliphatic carbocycles. The van der Waals surface area contributed by atoms with E-state index in [-0.39, 0.29) is 0 Å². The molecule has 0 atom stereocenters. The molecule has 0 aliphatic heterocycles. The van der Waals surface area contributed by atoms with Gasteiger partial charge >= 0.3 is 0 Å². The van der Waals surface area contributed by atoms with Crippen LogP contribution in [0.2, 0.25) is 0 Å². The second-order valence-corrected chi connectivity index (χ2v) is 5.60. The zero-order chi connectivity index (χ0) is 14.7. The van der Waals surface area contributed by atoms with E-state index < -0.39 is 0 Å². The summed E-state index contributed by atoms with van der Waals surface area (Å²) in [5.74, 6) is 0. The van der Waals surface area contributed by atoms with Crippen molar-refractivity contribution in [3.8, 4) is 0 Å². The zero-order valence-corrected chi connectivity index (χ0v) is 12.5. The van der Waals surface area contributed by atoms with Crippen molar-refractivity contribution in [2.45, 2.75) is 26.2 Å². The molecule has 3 aromatic rings. The van der Waals surface area contributed by atoms with Crippen molar-refractivity contribution in [1.82, 2.24) is 0 Å². The van der Waals surface area contributed by atoms with Crippen molar-refractivity contribution < 1.29 is 0 Å². The Morgan fingerprint density at radius 1 is 0.857 bits per heavy atom. The van der Waals surface area contributed by atoms with E-state index in [1.165, 1.54) is 27.5 Å². The molecule has 0 bridgehead atoms. The molecular formula is C20H21N. The van der Waals surface area contributed by atoms with E-state index in [4.69, 9.17) is 5.73 Å². The normalized spacial score (nSPS) is 10.9. The Hall–Kier alpha value is -2.28. The molecule has 1 nitrogen and oxygen atoms in total. The number of aryl methyl sites for hydroxylation is 1. The first-order valence-corrected chi connectivity index (χ1v) is 7.62. The minimum absolute atomic E-state index is 0.891. The molecule has 0 spiro atoms. The standard InChI is InChI=1S/C20H21N/c1-2-6-15-11-12-20(21)18(13-15)14-17-9-5-8-16-7-3-4-10-19(16)17/h3-5,7-13H,2,6,14,21H2,1H3. The van der Waals surface area contributed by atoms with Gasteiger partial charge in [-0.3, -0.25) is 0 Å². The molecule has 0 aromatic heterocycles. The minimum atomic E-state index is 0.891. The van der Waals surface area contributed by atoms with Crippen LogP contribution in [0.5, 0.6) is 0 Å². The lowest BCUT2D eigenvalue weighted by atomic mass is 9.96. The Morgan fingerprint density at radius 2 is 1.67 bits per heavy atom. The highest BCUT2D eigenvalue weighted by Crippen LogP contribution is 2.24. The Kier molecular flexibility index (Phi) is 3.92. The molecule has 0 unspecified atom stereocenters. The molecule has 0 amide bonds. The number of rotatable bonds is 4. The first-order chi connectivity index (χ1) is 10.3. The third-order valence-electron chi connectivity index (χ3n) is 4.01. The van der Waals surface area contributed by atoms with Gasteiger partial charge in [-0.1, -0.05) is 67.9 Å². The van der Waals surface area contributed by atoms with Gasteiger partial charge in [0.1, 0.15) is 0 Å². The van der Waals surface area contributed by atoms with E-state index in [0.29, 0.717) is 0 Å². The van der Waals surface area contributed by atoms with Gasteiger partial charge < -0.3 is 5.73 Å². The van der Waals surface area contributed by atoms with E-state index in [9.17, 15) is 0 Å². The van der Waals surface area contributed by atoms with Crippen LogP contribution < -0.4 is 5.73 Å². The fraction of sp³-hybridized carbons (Fsp3) is 0.200. The van der Waals surface area contributed by atoms with E-state index in [1.54, 1.807) is 0 Å². The maximum atomic E-state index is 6.18. The van der Waals surface area contributed by atoms with Crippen LogP contribution in [0.3, 0.4) is 0 Å². The maximum absolute atomic E-state index is 6.18. The monoisotopic (exact) mass is 275 g/mol. The molecule has 3 rings (SSSR count). The predicted octanol–water partition coefficient (Wildman–Crippen LogP) is 4.97. The van der Waals surface area contributed by atoms with Crippen molar-refractivity contribution in [1.29, 1.82) is 0 Å². The number of hydrogen-bond donors (Lipinski definition) is 1. The number of anilines is 1. The quantitative estimate of drug-likeness (QED) is 0.669. The van der Waals surface area contributed by atoms with Gasteiger partial charge in [-0.15, -0.1) is 0 Å². The van der Waals surface area contributed by atoms with Gasteiger partial charge in [0, 0.05) is 12.1 Å². The first-order valence-electron chi connectivity index (χ1n) is 7.62. The largest absolute Gasteiger partial charge is 0.398 e. The molecule has 1 heteroatoms. The third-order valence-corrected chi connectivity index (χ3v) is 4.01. The summed E-state index contributed by atoms with van der Waals surface area (Å²) < 4.78 is 0. The lowest BCUT2D eigenvalue weighted by Crippen LogP contribution is -1.98. The van der Waals surface area contributed by atoms with E-state index in [1.807, 2.05) is 6.07 Å². The summed E-state index contributed by atoms with van der Waals surface area (Å²) in [6, 6.07) is 21.5. The number of benzene rings is 3. The van der Waals surface area contributed by atoms with Gasteiger partial charge in [0.15, 0.2) is 0 Å². The Bertz CT molecular complexity index is 753. The third kappa shape index (κ3) is 2.92. The van der Waals surface area contributed by atoms with Gasteiger partial charge in [0.2, 0.25) is 0 Å². The van der Waals surface area contributed by atoms with Crippen molar-refractivity contribution in [2.24, 2.45) is 0 Å². The van der Waals surface area contributed by atoms with Crippen molar-refractivity contribution in [3.63, 3.8) is 0 Å². The van der Waals surface area contributed by atoms with Crippen LogP contribution in [0.25, 0.3) is 10.8 Å². The predicted molar refractivity (Wildman–Crippen MR) is 91.6 cm³/mol. The number of nitrogens with two attached hydrogens (primary N) is 1.